The highest BCUT2D eigenvalue weighted by molar-refractivity contribution is 5.47. The van der Waals surface area contributed by atoms with Gasteiger partial charge in [-0.3, -0.25) is 0 Å². The maximum atomic E-state index is 5.68. The normalized spacial score (nSPS) is 11.4. The van der Waals surface area contributed by atoms with Crippen molar-refractivity contribution in [2.75, 3.05) is 18.8 Å². The summed E-state index contributed by atoms with van der Waals surface area (Å²) in [6.45, 7) is 3.62. The van der Waals surface area contributed by atoms with Crippen molar-refractivity contribution in [3.8, 4) is 0 Å². The number of imidazole rings is 1. The summed E-state index contributed by atoms with van der Waals surface area (Å²) in [6.07, 6.45) is 6.15. The lowest BCUT2D eigenvalue weighted by molar-refractivity contribution is -0.686. The molecule has 1 aromatic heterocycles. The molecule has 0 aliphatic heterocycles. The van der Waals surface area contributed by atoms with Crippen molar-refractivity contribution in [3.63, 3.8) is 0 Å². The third-order valence-electron chi connectivity index (χ3n) is 3.39. The van der Waals surface area contributed by atoms with E-state index in [9.17, 15) is 0 Å². The minimum Gasteiger partial charge on any atom is -0.399 e. The Morgan fingerprint density at radius 1 is 1.05 bits per heavy atom. The number of hydrogen-bond acceptors (Lipinski definition) is 3. The molecule has 7 heteroatoms. The first kappa shape index (κ1) is 16.1. The summed E-state index contributed by atoms with van der Waals surface area (Å²) in [5.41, 5.74) is 15.0. The van der Waals surface area contributed by atoms with Gasteiger partial charge in [-0.1, -0.05) is 5.11 Å². The molecule has 1 aromatic carbocycles. The van der Waals surface area contributed by atoms with Crippen molar-refractivity contribution in [1.29, 1.82) is 0 Å². The second-order valence-electron chi connectivity index (χ2n) is 5.19. The van der Waals surface area contributed by atoms with Gasteiger partial charge in [0.25, 0.3) is 0 Å². The molecule has 0 fully saturated rings. The summed E-state index contributed by atoms with van der Waals surface area (Å²) in [5, 5.41) is 8.76. The third-order valence-corrected chi connectivity index (χ3v) is 3.39. The molecule has 0 unspecified atom stereocenters. The fourth-order valence-corrected chi connectivity index (χ4v) is 2.13. The lowest BCUT2D eigenvalue weighted by Crippen LogP contribution is -2.51. The van der Waals surface area contributed by atoms with Crippen molar-refractivity contribution in [1.82, 2.24) is 4.57 Å². The monoisotopic (exact) mass is 304 g/mol. The maximum absolute atomic E-state index is 5.68. The minimum atomic E-state index is 0.725. The van der Waals surface area contributed by atoms with E-state index >= 15 is 0 Å². The molecular formula is C15H26N7+3. The lowest BCUT2D eigenvalue weighted by atomic mass is 10.3. The lowest BCUT2D eigenvalue weighted by Gasteiger charge is -1.99. The second kappa shape index (κ2) is 8.26. The molecule has 118 valence electrons. The van der Waals surface area contributed by atoms with Crippen LogP contribution >= 0.6 is 0 Å². The van der Waals surface area contributed by atoms with Gasteiger partial charge in [-0.05, 0) is 24.3 Å². The average molecular weight is 304 g/mol. The van der Waals surface area contributed by atoms with Crippen LogP contribution in [0, 0.1) is 0 Å². The summed E-state index contributed by atoms with van der Waals surface area (Å²) in [6, 6.07) is 7.38. The van der Waals surface area contributed by atoms with Crippen molar-refractivity contribution < 1.29 is 16.0 Å². The van der Waals surface area contributed by atoms with E-state index in [4.69, 9.17) is 5.73 Å². The van der Waals surface area contributed by atoms with Crippen LogP contribution in [0.15, 0.2) is 46.9 Å². The van der Waals surface area contributed by atoms with Crippen LogP contribution < -0.4 is 21.8 Å². The molecule has 0 saturated carbocycles. The molecule has 0 bridgehead atoms. The Bertz CT molecular complexity index is 575. The zero-order chi connectivity index (χ0) is 15.8. The van der Waals surface area contributed by atoms with Gasteiger partial charge < -0.3 is 17.2 Å². The van der Waals surface area contributed by atoms with Crippen LogP contribution in [0.4, 0.5) is 17.3 Å². The molecule has 22 heavy (non-hydrogen) atoms. The predicted molar refractivity (Wildman–Crippen MR) is 84.4 cm³/mol. The highest BCUT2D eigenvalue weighted by Crippen LogP contribution is 2.17. The molecule has 0 aliphatic rings. The highest BCUT2D eigenvalue weighted by atomic mass is 15.3. The molecular weight excluding hydrogens is 278 g/mol. The van der Waals surface area contributed by atoms with Gasteiger partial charge in [0.1, 0.15) is 5.69 Å². The molecule has 1 heterocycles. The fraction of sp³-hybridized carbons (Fsp3) is 0.400. The topological polar surface area (TPSA) is 115 Å². The fourth-order valence-electron chi connectivity index (χ4n) is 2.13. The number of nitrogens with zero attached hydrogens (tertiary/aromatic N) is 4. The van der Waals surface area contributed by atoms with Crippen molar-refractivity contribution in [3.05, 3.63) is 36.7 Å². The second-order valence-corrected chi connectivity index (χ2v) is 5.19. The quantitative estimate of drug-likeness (QED) is 0.356. The molecule has 0 atom stereocenters. The minimum absolute atomic E-state index is 0.725. The molecule has 8 N–H and O–H groups in total. The first-order valence-electron chi connectivity index (χ1n) is 7.69. The number of nitrogen functional groups attached to an aromatic ring is 1. The van der Waals surface area contributed by atoms with Gasteiger partial charge in [0, 0.05) is 23.6 Å². The molecule has 0 radical (unpaired) electrons. The number of aromatic nitrogens is 2. The van der Waals surface area contributed by atoms with Crippen LogP contribution in [0.1, 0.15) is 12.8 Å². The molecule has 0 amide bonds. The van der Waals surface area contributed by atoms with E-state index in [0.717, 1.165) is 56.3 Å². The number of quaternary nitrogens is 2. The van der Waals surface area contributed by atoms with E-state index in [1.54, 1.807) is 0 Å². The van der Waals surface area contributed by atoms with Gasteiger partial charge in [0.15, 0.2) is 0 Å². The molecule has 0 spiro atoms. The summed E-state index contributed by atoms with van der Waals surface area (Å²) in [5.74, 6) is 0.860. The van der Waals surface area contributed by atoms with Crippen LogP contribution in [-0.4, -0.2) is 17.7 Å². The van der Waals surface area contributed by atoms with Gasteiger partial charge in [-0.2, -0.15) is 0 Å². The SMILES string of the molecule is Nc1ccc(N=Nc2n(CCC[NH3+])cc[n+]2CCC[NH3+])cc1. The Hall–Kier alpha value is -2.25. The molecule has 0 saturated heterocycles. The third kappa shape index (κ3) is 4.37. The zero-order valence-corrected chi connectivity index (χ0v) is 13.0. The number of azo groups is 1. The number of hydrogen-bond donors (Lipinski definition) is 3. The Morgan fingerprint density at radius 3 is 2.45 bits per heavy atom. The Kier molecular flexibility index (Phi) is 6.05. The largest absolute Gasteiger partial charge is 0.421 e. The first-order chi connectivity index (χ1) is 10.7. The van der Waals surface area contributed by atoms with Gasteiger partial charge in [0.2, 0.25) is 0 Å². The van der Waals surface area contributed by atoms with Gasteiger partial charge in [0.05, 0.1) is 38.6 Å². The summed E-state index contributed by atoms with van der Waals surface area (Å²) < 4.78 is 4.24. The van der Waals surface area contributed by atoms with E-state index in [2.05, 4.69) is 43.2 Å². The number of anilines is 1. The van der Waals surface area contributed by atoms with Crippen LogP contribution in [0.25, 0.3) is 0 Å². The summed E-state index contributed by atoms with van der Waals surface area (Å²) in [7, 11) is 0. The number of nitrogens with two attached hydrogens (primary N) is 1. The standard InChI is InChI=1S/C15H23N7/c16-7-1-9-21-11-12-22(10-2-8-17)15(21)20-19-14-5-3-13(18)4-6-14/h3-6,11-12,18H,1-2,7-10,16-17H2/p+3. The van der Waals surface area contributed by atoms with E-state index in [0.29, 0.717) is 0 Å². The van der Waals surface area contributed by atoms with E-state index in [1.807, 2.05) is 24.3 Å². The highest BCUT2D eigenvalue weighted by Gasteiger charge is 2.16. The van der Waals surface area contributed by atoms with Crippen molar-refractivity contribution in [2.24, 2.45) is 10.2 Å². The number of rotatable bonds is 8. The van der Waals surface area contributed by atoms with E-state index < -0.39 is 0 Å². The first-order valence-corrected chi connectivity index (χ1v) is 7.69. The smallest absolute Gasteiger partial charge is 0.399 e. The van der Waals surface area contributed by atoms with Crippen LogP contribution in [-0.2, 0) is 13.1 Å². The van der Waals surface area contributed by atoms with Crippen LogP contribution in [0.5, 0.6) is 0 Å². The van der Waals surface area contributed by atoms with Gasteiger partial charge in [-0.15, -0.1) is 0 Å². The van der Waals surface area contributed by atoms with Gasteiger partial charge >= 0.3 is 5.95 Å². The zero-order valence-electron chi connectivity index (χ0n) is 13.0. The molecule has 7 nitrogen and oxygen atoms in total. The van der Waals surface area contributed by atoms with Crippen LogP contribution in [0.2, 0.25) is 0 Å². The predicted octanol–water partition coefficient (Wildman–Crippen LogP) is 0.0372. The molecule has 2 rings (SSSR count). The average Bonchev–Trinajstić information content (AvgIpc) is 2.92. The van der Waals surface area contributed by atoms with E-state index in [-0.39, 0.29) is 0 Å². The number of aryl methyl sites for hydroxylation is 2. The Labute approximate surface area is 130 Å². The maximum Gasteiger partial charge on any atom is 0.421 e. The molecule has 0 aliphatic carbocycles. The van der Waals surface area contributed by atoms with Gasteiger partial charge in [-0.25, -0.2) is 9.13 Å². The summed E-state index contributed by atoms with van der Waals surface area (Å²) in [4.78, 5) is 0. The van der Waals surface area contributed by atoms with Crippen LogP contribution in [0.3, 0.4) is 0 Å². The van der Waals surface area contributed by atoms with Crippen molar-refractivity contribution in [2.45, 2.75) is 25.9 Å². The summed E-state index contributed by atoms with van der Waals surface area (Å²) >= 11 is 0. The number of benzene rings is 1. The van der Waals surface area contributed by atoms with E-state index in [1.165, 1.54) is 0 Å². The molecule has 2 aromatic rings. The Balaban J connectivity index is 2.21. The van der Waals surface area contributed by atoms with Crippen molar-refractivity contribution >= 4 is 17.3 Å². The Morgan fingerprint density at radius 2 is 1.77 bits per heavy atom.